The molecule has 0 fully saturated rings. The van der Waals surface area contributed by atoms with Crippen LogP contribution in [-0.2, 0) is 11.3 Å². The largest absolute Gasteiger partial charge is 0.495 e. The van der Waals surface area contributed by atoms with Crippen LogP contribution < -0.4 is 15.7 Å². The van der Waals surface area contributed by atoms with E-state index in [1.807, 2.05) is 38.1 Å². The first-order valence-corrected chi connectivity index (χ1v) is 8.80. The second kappa shape index (κ2) is 6.84. The van der Waals surface area contributed by atoms with Gasteiger partial charge in [0.05, 0.1) is 24.5 Å². The topological polar surface area (TPSA) is 86.4 Å². The van der Waals surface area contributed by atoms with Crippen molar-refractivity contribution in [3.05, 3.63) is 64.1 Å². The van der Waals surface area contributed by atoms with Crippen LogP contribution in [0.2, 0.25) is 0 Å². The summed E-state index contributed by atoms with van der Waals surface area (Å²) in [6, 6.07) is 11.1. The third-order valence-corrected chi connectivity index (χ3v) is 4.57. The third-order valence-electron chi connectivity index (χ3n) is 4.57. The molecule has 142 valence electrons. The SMILES string of the molecule is COc1ccc(C)cc1NC(=O)Cn1ncc2c(=O)oc3ccc(C)cc3c21. The summed E-state index contributed by atoms with van der Waals surface area (Å²) in [5.41, 5.74) is 3.18. The minimum absolute atomic E-state index is 0.0485. The zero-order valence-electron chi connectivity index (χ0n) is 15.8. The van der Waals surface area contributed by atoms with Gasteiger partial charge in [-0.3, -0.25) is 9.48 Å². The van der Waals surface area contributed by atoms with E-state index < -0.39 is 5.63 Å². The van der Waals surface area contributed by atoms with Gasteiger partial charge in [0, 0.05) is 5.39 Å². The molecule has 4 rings (SSSR count). The molecule has 0 bridgehead atoms. The molecule has 7 heteroatoms. The molecule has 2 aromatic carbocycles. The van der Waals surface area contributed by atoms with E-state index in [1.165, 1.54) is 10.9 Å². The number of nitrogens with zero attached hydrogens (tertiary/aromatic N) is 2. The maximum absolute atomic E-state index is 12.7. The number of hydrogen-bond donors (Lipinski definition) is 1. The van der Waals surface area contributed by atoms with Crippen LogP contribution in [0.15, 0.2) is 51.8 Å². The molecule has 7 nitrogen and oxygen atoms in total. The second-order valence-electron chi connectivity index (χ2n) is 6.71. The number of carbonyl (C=O) groups is 1. The summed E-state index contributed by atoms with van der Waals surface area (Å²) in [6.45, 7) is 3.84. The first-order chi connectivity index (χ1) is 13.5. The van der Waals surface area contributed by atoms with Crippen LogP contribution in [0.5, 0.6) is 5.75 Å². The number of aryl methyl sites for hydroxylation is 2. The smallest absolute Gasteiger partial charge is 0.347 e. The number of methoxy groups -OCH3 is 1. The molecule has 4 aromatic rings. The van der Waals surface area contributed by atoms with Crippen molar-refractivity contribution in [1.29, 1.82) is 0 Å². The van der Waals surface area contributed by atoms with Gasteiger partial charge < -0.3 is 14.5 Å². The van der Waals surface area contributed by atoms with Gasteiger partial charge in [-0.05, 0) is 43.7 Å². The lowest BCUT2D eigenvalue weighted by Gasteiger charge is -2.11. The van der Waals surface area contributed by atoms with Crippen LogP contribution in [-0.4, -0.2) is 22.8 Å². The molecule has 0 atom stereocenters. The highest BCUT2D eigenvalue weighted by Crippen LogP contribution is 2.26. The Labute approximate surface area is 160 Å². The number of rotatable bonds is 4. The Hall–Kier alpha value is -3.61. The van der Waals surface area contributed by atoms with Gasteiger partial charge in [0.1, 0.15) is 23.3 Å². The van der Waals surface area contributed by atoms with Crippen molar-refractivity contribution in [3.63, 3.8) is 0 Å². The van der Waals surface area contributed by atoms with Crippen molar-refractivity contribution in [2.75, 3.05) is 12.4 Å². The van der Waals surface area contributed by atoms with Crippen LogP contribution in [0.4, 0.5) is 5.69 Å². The molecule has 0 aliphatic carbocycles. The van der Waals surface area contributed by atoms with Crippen molar-refractivity contribution in [1.82, 2.24) is 9.78 Å². The average Bonchev–Trinajstić information content (AvgIpc) is 3.07. The molecule has 1 N–H and O–H groups in total. The molecule has 0 unspecified atom stereocenters. The molecule has 0 aliphatic rings. The summed E-state index contributed by atoms with van der Waals surface area (Å²) in [5, 5.41) is 8.19. The van der Waals surface area contributed by atoms with E-state index in [9.17, 15) is 9.59 Å². The van der Waals surface area contributed by atoms with E-state index in [1.54, 1.807) is 19.2 Å². The van der Waals surface area contributed by atoms with Gasteiger partial charge in [-0.15, -0.1) is 0 Å². The van der Waals surface area contributed by atoms with Crippen LogP contribution >= 0.6 is 0 Å². The molecular weight excluding hydrogens is 358 g/mol. The predicted octanol–water partition coefficient (Wildman–Crippen LogP) is 3.41. The first kappa shape index (κ1) is 17.8. The second-order valence-corrected chi connectivity index (χ2v) is 6.71. The number of fused-ring (bicyclic) bond motifs is 3. The molecule has 0 spiro atoms. The number of nitrogens with one attached hydrogen (secondary N) is 1. The molecule has 0 saturated carbocycles. The highest BCUT2D eigenvalue weighted by atomic mass is 16.5. The van der Waals surface area contributed by atoms with Crippen LogP contribution in [0.3, 0.4) is 0 Å². The van der Waals surface area contributed by atoms with Gasteiger partial charge in [-0.25, -0.2) is 4.79 Å². The van der Waals surface area contributed by atoms with Gasteiger partial charge in [-0.1, -0.05) is 17.7 Å². The van der Waals surface area contributed by atoms with Gasteiger partial charge in [0.25, 0.3) is 0 Å². The van der Waals surface area contributed by atoms with Crippen molar-refractivity contribution in [3.8, 4) is 5.75 Å². The fraction of sp³-hybridized carbons (Fsp3) is 0.190. The molecule has 2 heterocycles. The zero-order valence-corrected chi connectivity index (χ0v) is 15.8. The zero-order chi connectivity index (χ0) is 19.8. The van der Waals surface area contributed by atoms with E-state index in [4.69, 9.17) is 9.15 Å². The van der Waals surface area contributed by atoms with Gasteiger partial charge in [-0.2, -0.15) is 5.10 Å². The summed E-state index contributed by atoms with van der Waals surface area (Å²) < 4.78 is 12.2. The van der Waals surface area contributed by atoms with Crippen molar-refractivity contribution < 1.29 is 13.9 Å². The van der Waals surface area contributed by atoms with Crippen molar-refractivity contribution >= 4 is 33.5 Å². The molecule has 1 amide bonds. The highest BCUT2D eigenvalue weighted by molar-refractivity contribution is 6.03. The molecule has 0 aliphatic heterocycles. The van der Waals surface area contributed by atoms with Gasteiger partial charge >= 0.3 is 5.63 Å². The fourth-order valence-electron chi connectivity index (χ4n) is 3.26. The summed E-state index contributed by atoms with van der Waals surface area (Å²) in [4.78, 5) is 24.9. The number of carbonyl (C=O) groups excluding carboxylic acids is 1. The number of aromatic nitrogens is 2. The van der Waals surface area contributed by atoms with Crippen LogP contribution in [0, 0.1) is 13.8 Å². The monoisotopic (exact) mass is 377 g/mol. The van der Waals surface area contributed by atoms with Gasteiger partial charge in [0.15, 0.2) is 0 Å². The fourth-order valence-corrected chi connectivity index (χ4v) is 3.26. The lowest BCUT2D eigenvalue weighted by Crippen LogP contribution is -2.20. The molecule has 0 saturated heterocycles. The van der Waals surface area contributed by atoms with E-state index in [2.05, 4.69) is 10.4 Å². The van der Waals surface area contributed by atoms with E-state index in [-0.39, 0.29) is 12.5 Å². The number of amides is 1. The summed E-state index contributed by atoms with van der Waals surface area (Å²) >= 11 is 0. The Morgan fingerprint density at radius 2 is 1.89 bits per heavy atom. The quantitative estimate of drug-likeness (QED) is 0.551. The number of anilines is 1. The maximum Gasteiger partial charge on any atom is 0.347 e. The molecule has 0 radical (unpaired) electrons. The Morgan fingerprint density at radius 1 is 1.14 bits per heavy atom. The molecular formula is C21H19N3O4. The number of ether oxygens (including phenoxy) is 1. The molecule has 2 aromatic heterocycles. The van der Waals surface area contributed by atoms with E-state index in [0.29, 0.717) is 27.9 Å². The van der Waals surface area contributed by atoms with E-state index in [0.717, 1.165) is 16.5 Å². The summed E-state index contributed by atoms with van der Waals surface area (Å²) in [5.74, 6) is 0.300. The minimum Gasteiger partial charge on any atom is -0.495 e. The number of benzene rings is 2. The third kappa shape index (κ3) is 3.11. The van der Waals surface area contributed by atoms with Crippen molar-refractivity contribution in [2.45, 2.75) is 20.4 Å². The summed E-state index contributed by atoms with van der Waals surface area (Å²) in [7, 11) is 1.55. The Morgan fingerprint density at radius 3 is 2.68 bits per heavy atom. The lowest BCUT2D eigenvalue weighted by atomic mass is 10.1. The van der Waals surface area contributed by atoms with E-state index >= 15 is 0 Å². The maximum atomic E-state index is 12.7. The lowest BCUT2D eigenvalue weighted by molar-refractivity contribution is -0.116. The average molecular weight is 377 g/mol. The highest BCUT2D eigenvalue weighted by Gasteiger charge is 2.16. The van der Waals surface area contributed by atoms with Crippen molar-refractivity contribution in [2.24, 2.45) is 0 Å². The Bertz CT molecular complexity index is 1270. The Balaban J connectivity index is 1.73. The first-order valence-electron chi connectivity index (χ1n) is 8.80. The summed E-state index contributed by atoms with van der Waals surface area (Å²) in [6.07, 6.45) is 1.43. The Kier molecular flexibility index (Phi) is 4.35. The normalized spacial score (nSPS) is 11.1. The predicted molar refractivity (Wildman–Crippen MR) is 107 cm³/mol. The standard InChI is InChI=1S/C21H19N3O4/c1-12-4-6-17-14(8-12)20-15(21(26)28-17)10-22-24(20)11-19(25)23-16-9-13(2)5-7-18(16)27-3/h4-10H,11H2,1-3H3,(H,23,25). The van der Waals surface area contributed by atoms with Gasteiger partial charge in [0.2, 0.25) is 5.91 Å². The van der Waals surface area contributed by atoms with Crippen LogP contribution in [0.1, 0.15) is 11.1 Å². The van der Waals surface area contributed by atoms with Crippen LogP contribution in [0.25, 0.3) is 21.9 Å². The molecule has 28 heavy (non-hydrogen) atoms. The minimum atomic E-state index is -0.474. The number of hydrogen-bond acceptors (Lipinski definition) is 5.